The molecule has 2 rings (SSSR count). The average Bonchev–Trinajstić information content (AvgIpc) is 2.43. The molecule has 0 saturated heterocycles. The molecular weight excluding hydrogens is 340 g/mol. The lowest BCUT2D eigenvalue weighted by Crippen LogP contribution is -2.06. The van der Waals surface area contributed by atoms with Crippen molar-refractivity contribution in [2.24, 2.45) is 0 Å². The second kappa shape index (κ2) is 5.98. The zero-order valence-corrected chi connectivity index (χ0v) is 13.8. The Bertz CT molecular complexity index is 680. The van der Waals surface area contributed by atoms with Crippen LogP contribution in [-0.2, 0) is 0 Å². The molecule has 104 valence electrons. The average molecular weight is 354 g/mol. The summed E-state index contributed by atoms with van der Waals surface area (Å²) in [5.41, 5.74) is 2.87. The molecule has 2 aromatic carbocycles. The zero-order chi connectivity index (χ0) is 14.9. The summed E-state index contributed by atoms with van der Waals surface area (Å²) in [6.45, 7) is 3.82. The van der Waals surface area contributed by atoms with Crippen LogP contribution < -0.4 is 4.74 Å². The van der Waals surface area contributed by atoms with Gasteiger partial charge in [-0.05, 0) is 43.2 Å². The molecule has 2 nitrogen and oxygen atoms in total. The van der Waals surface area contributed by atoms with Crippen molar-refractivity contribution in [3.8, 4) is 5.75 Å². The molecule has 0 saturated carbocycles. The van der Waals surface area contributed by atoms with E-state index < -0.39 is 0 Å². The Morgan fingerprint density at radius 3 is 2.50 bits per heavy atom. The molecule has 0 unspecified atom stereocenters. The van der Waals surface area contributed by atoms with Crippen LogP contribution in [0, 0.1) is 13.8 Å². The van der Waals surface area contributed by atoms with Crippen molar-refractivity contribution in [3.63, 3.8) is 0 Å². The Kier molecular flexibility index (Phi) is 4.51. The van der Waals surface area contributed by atoms with E-state index in [1.54, 1.807) is 19.2 Å². The van der Waals surface area contributed by atoms with E-state index in [1.807, 2.05) is 32.0 Å². The van der Waals surface area contributed by atoms with Crippen LogP contribution in [0.3, 0.4) is 0 Å². The highest BCUT2D eigenvalue weighted by Crippen LogP contribution is 2.31. The van der Waals surface area contributed by atoms with E-state index in [4.69, 9.17) is 16.3 Å². The molecule has 0 radical (unpaired) electrons. The fraction of sp³-hybridized carbons (Fsp3) is 0.188. The third-order valence-electron chi connectivity index (χ3n) is 3.16. The quantitative estimate of drug-likeness (QED) is 0.729. The monoisotopic (exact) mass is 352 g/mol. The minimum absolute atomic E-state index is 0.142. The van der Waals surface area contributed by atoms with Gasteiger partial charge in [-0.25, -0.2) is 0 Å². The molecule has 0 fully saturated rings. The number of ether oxygens (including phenoxy) is 1. The Morgan fingerprint density at radius 1 is 1.15 bits per heavy atom. The second-order valence-corrected chi connectivity index (χ2v) is 5.80. The first-order chi connectivity index (χ1) is 9.45. The van der Waals surface area contributed by atoms with Crippen molar-refractivity contribution in [3.05, 3.63) is 62.1 Å². The SMILES string of the molecule is COc1cc(C)c(Br)cc1C(=O)c1cccc(C)c1Cl. The van der Waals surface area contributed by atoms with Gasteiger partial charge in [-0.3, -0.25) is 4.79 Å². The van der Waals surface area contributed by atoms with Gasteiger partial charge in [0.05, 0.1) is 17.7 Å². The fourth-order valence-electron chi connectivity index (χ4n) is 1.97. The number of hydrogen-bond acceptors (Lipinski definition) is 2. The summed E-state index contributed by atoms with van der Waals surface area (Å²) < 4.78 is 6.18. The van der Waals surface area contributed by atoms with Crippen LogP contribution in [0.1, 0.15) is 27.0 Å². The molecule has 20 heavy (non-hydrogen) atoms. The molecule has 0 aliphatic rings. The maximum absolute atomic E-state index is 12.7. The number of halogens is 2. The molecule has 0 N–H and O–H groups in total. The first-order valence-corrected chi connectivity index (χ1v) is 7.26. The van der Waals surface area contributed by atoms with Gasteiger partial charge in [-0.15, -0.1) is 0 Å². The van der Waals surface area contributed by atoms with Gasteiger partial charge in [-0.2, -0.15) is 0 Å². The number of methoxy groups -OCH3 is 1. The largest absolute Gasteiger partial charge is 0.496 e. The number of hydrogen-bond donors (Lipinski definition) is 0. The van der Waals surface area contributed by atoms with Crippen molar-refractivity contribution < 1.29 is 9.53 Å². The molecule has 0 spiro atoms. The summed E-state index contributed by atoms with van der Waals surface area (Å²) in [4.78, 5) is 12.7. The number of aryl methyl sites for hydroxylation is 2. The van der Waals surface area contributed by atoms with Crippen molar-refractivity contribution in [1.82, 2.24) is 0 Å². The number of benzene rings is 2. The van der Waals surface area contributed by atoms with Crippen LogP contribution in [-0.4, -0.2) is 12.9 Å². The number of carbonyl (C=O) groups excluding carboxylic acids is 1. The van der Waals surface area contributed by atoms with Crippen LogP contribution in [0.25, 0.3) is 0 Å². The van der Waals surface area contributed by atoms with Crippen molar-refractivity contribution in [2.45, 2.75) is 13.8 Å². The van der Waals surface area contributed by atoms with Gasteiger partial charge in [0.2, 0.25) is 0 Å². The van der Waals surface area contributed by atoms with E-state index in [2.05, 4.69) is 15.9 Å². The van der Waals surface area contributed by atoms with E-state index in [9.17, 15) is 4.79 Å². The van der Waals surface area contributed by atoms with Gasteiger partial charge in [0.15, 0.2) is 5.78 Å². The van der Waals surface area contributed by atoms with Crippen molar-refractivity contribution in [1.29, 1.82) is 0 Å². The second-order valence-electron chi connectivity index (χ2n) is 4.57. The van der Waals surface area contributed by atoms with Gasteiger partial charge in [0, 0.05) is 10.0 Å². The van der Waals surface area contributed by atoms with Crippen LogP contribution >= 0.6 is 27.5 Å². The molecule has 0 atom stereocenters. The van der Waals surface area contributed by atoms with Crippen molar-refractivity contribution in [2.75, 3.05) is 7.11 Å². The first-order valence-electron chi connectivity index (χ1n) is 6.09. The van der Waals surface area contributed by atoms with Gasteiger partial charge in [0.25, 0.3) is 0 Å². The van der Waals surface area contributed by atoms with E-state index in [0.717, 1.165) is 15.6 Å². The summed E-state index contributed by atoms with van der Waals surface area (Å²) in [6, 6.07) is 9.03. The number of carbonyl (C=O) groups is 1. The van der Waals surface area contributed by atoms with E-state index in [1.165, 1.54) is 0 Å². The number of rotatable bonds is 3. The van der Waals surface area contributed by atoms with Crippen LogP contribution in [0.4, 0.5) is 0 Å². The summed E-state index contributed by atoms with van der Waals surface area (Å²) in [5, 5.41) is 0.483. The molecule has 0 aromatic heterocycles. The molecule has 0 aliphatic carbocycles. The molecular formula is C16H14BrClO2. The summed E-state index contributed by atoms with van der Waals surface area (Å²) >= 11 is 9.67. The predicted molar refractivity (Wildman–Crippen MR) is 85.1 cm³/mol. The third-order valence-corrected chi connectivity index (χ3v) is 4.52. The molecule has 0 heterocycles. The topological polar surface area (TPSA) is 26.3 Å². The Labute approximate surface area is 131 Å². The summed E-state index contributed by atoms with van der Waals surface area (Å²) in [7, 11) is 1.55. The highest BCUT2D eigenvalue weighted by molar-refractivity contribution is 9.10. The molecule has 0 amide bonds. The van der Waals surface area contributed by atoms with E-state index >= 15 is 0 Å². The minimum Gasteiger partial charge on any atom is -0.496 e. The standard InChI is InChI=1S/C16H14BrClO2/c1-9-5-4-6-11(15(9)18)16(19)12-8-13(17)10(2)7-14(12)20-3/h4-8H,1-3H3. The lowest BCUT2D eigenvalue weighted by molar-refractivity contribution is 0.103. The number of ketones is 1. The fourth-order valence-corrected chi connectivity index (χ4v) is 2.52. The normalized spacial score (nSPS) is 10.4. The van der Waals surface area contributed by atoms with Gasteiger partial charge >= 0.3 is 0 Å². The highest BCUT2D eigenvalue weighted by Gasteiger charge is 2.19. The van der Waals surface area contributed by atoms with Crippen LogP contribution in [0.2, 0.25) is 5.02 Å². The van der Waals surface area contributed by atoms with Crippen LogP contribution in [0.15, 0.2) is 34.8 Å². The predicted octanol–water partition coefficient (Wildman–Crippen LogP) is 4.96. The summed E-state index contributed by atoms with van der Waals surface area (Å²) in [5.74, 6) is 0.407. The van der Waals surface area contributed by atoms with Crippen LogP contribution in [0.5, 0.6) is 5.75 Å². The van der Waals surface area contributed by atoms with Gasteiger partial charge in [-0.1, -0.05) is 39.7 Å². The maximum atomic E-state index is 12.7. The van der Waals surface area contributed by atoms with Gasteiger partial charge in [0.1, 0.15) is 5.75 Å². The first kappa shape index (κ1) is 15.1. The minimum atomic E-state index is -0.142. The molecule has 4 heteroatoms. The third kappa shape index (κ3) is 2.74. The van der Waals surface area contributed by atoms with Gasteiger partial charge < -0.3 is 4.74 Å². The van der Waals surface area contributed by atoms with Crippen molar-refractivity contribution >= 4 is 33.3 Å². The smallest absolute Gasteiger partial charge is 0.198 e. The zero-order valence-electron chi connectivity index (χ0n) is 11.5. The lowest BCUT2D eigenvalue weighted by atomic mass is 9.99. The summed E-state index contributed by atoms with van der Waals surface area (Å²) in [6.07, 6.45) is 0. The Morgan fingerprint density at radius 2 is 1.85 bits per heavy atom. The lowest BCUT2D eigenvalue weighted by Gasteiger charge is -2.12. The highest BCUT2D eigenvalue weighted by atomic mass is 79.9. The molecule has 0 aliphatic heterocycles. The maximum Gasteiger partial charge on any atom is 0.198 e. The molecule has 0 bridgehead atoms. The Balaban J connectivity index is 2.59. The molecule has 2 aromatic rings. The Hall–Kier alpha value is -1.32. The van der Waals surface area contributed by atoms with E-state index in [-0.39, 0.29) is 5.78 Å². The van der Waals surface area contributed by atoms with E-state index in [0.29, 0.717) is 21.9 Å².